The lowest BCUT2D eigenvalue weighted by atomic mass is 9.67. The van der Waals surface area contributed by atoms with E-state index in [2.05, 4.69) is 27.7 Å². The molecule has 0 unspecified atom stereocenters. The van der Waals surface area contributed by atoms with E-state index in [4.69, 9.17) is 7.64 Å². The third kappa shape index (κ3) is 5.22. The molecule has 0 N–H and O–H groups in total. The summed E-state index contributed by atoms with van der Waals surface area (Å²) in [6.07, 6.45) is 2.14. The van der Waals surface area contributed by atoms with Gasteiger partial charge in [0, 0.05) is 7.11 Å². The molecule has 0 spiro atoms. The molecule has 0 aliphatic carbocycles. The maximum Gasteiger partial charge on any atom is 0.466 e. The van der Waals surface area contributed by atoms with Crippen LogP contribution in [0.1, 0.15) is 34.1 Å². The molecule has 0 aromatic rings. The Morgan fingerprint density at radius 3 is 2.15 bits per heavy atom. The van der Waals surface area contributed by atoms with Gasteiger partial charge in [-0.15, -0.1) is 0 Å². The van der Waals surface area contributed by atoms with Crippen LogP contribution in [0.15, 0.2) is 0 Å². The highest BCUT2D eigenvalue weighted by Gasteiger charge is 2.29. The third-order valence-electron chi connectivity index (χ3n) is 2.56. The molecule has 0 aliphatic heterocycles. The molecular weight excluding hydrogens is 278 g/mol. The SMILES string of the molecule is CC[C@@H](CB(OC)OI)C(C)(C)C. The van der Waals surface area contributed by atoms with Gasteiger partial charge in [0.15, 0.2) is 0 Å². The Labute approximate surface area is 96.6 Å². The van der Waals surface area contributed by atoms with E-state index < -0.39 is 0 Å². The largest absolute Gasteiger partial charge is 0.466 e. The maximum atomic E-state index is 5.20. The highest BCUT2D eigenvalue weighted by atomic mass is 127. The van der Waals surface area contributed by atoms with Gasteiger partial charge < -0.3 is 7.64 Å². The molecule has 0 aromatic heterocycles. The molecule has 0 radical (unpaired) electrons. The summed E-state index contributed by atoms with van der Waals surface area (Å²) >= 11 is 1.90. The smallest absolute Gasteiger partial charge is 0.414 e. The first-order valence-corrected chi connectivity index (χ1v) is 5.64. The van der Waals surface area contributed by atoms with E-state index in [9.17, 15) is 0 Å². The highest BCUT2D eigenvalue weighted by Crippen LogP contribution is 2.33. The Morgan fingerprint density at radius 2 is 1.92 bits per heavy atom. The lowest BCUT2D eigenvalue weighted by Crippen LogP contribution is -2.28. The van der Waals surface area contributed by atoms with E-state index in [1.807, 2.05) is 23.0 Å². The minimum atomic E-state index is -0.0650. The van der Waals surface area contributed by atoms with Crippen LogP contribution in [-0.4, -0.2) is 14.2 Å². The Hall–Kier alpha value is 0.715. The Bertz CT molecular complexity index is 132. The first-order chi connectivity index (χ1) is 5.95. The molecule has 0 rings (SSSR count). The maximum absolute atomic E-state index is 5.20. The molecule has 0 saturated heterocycles. The summed E-state index contributed by atoms with van der Waals surface area (Å²) in [5, 5.41) is 0. The topological polar surface area (TPSA) is 18.5 Å². The number of rotatable bonds is 5. The fourth-order valence-electron chi connectivity index (χ4n) is 1.53. The second-order valence-electron chi connectivity index (χ2n) is 4.46. The third-order valence-corrected chi connectivity index (χ3v) is 3.12. The van der Waals surface area contributed by atoms with Gasteiger partial charge in [0.25, 0.3) is 0 Å². The first-order valence-electron chi connectivity index (χ1n) is 4.75. The monoisotopic (exact) mass is 298 g/mol. The molecule has 78 valence electrons. The average Bonchev–Trinajstić information content (AvgIpc) is 2.04. The van der Waals surface area contributed by atoms with Gasteiger partial charge in [0.1, 0.15) is 0 Å². The molecular formula is C9H20BIO2. The second kappa shape index (κ2) is 6.25. The highest BCUT2D eigenvalue weighted by molar-refractivity contribution is 14.1. The number of hydrogen-bond donors (Lipinski definition) is 0. The molecule has 0 aliphatic rings. The van der Waals surface area contributed by atoms with Gasteiger partial charge in [-0.3, -0.25) is 0 Å². The zero-order chi connectivity index (χ0) is 10.5. The van der Waals surface area contributed by atoms with Crippen molar-refractivity contribution in [3.05, 3.63) is 0 Å². The normalized spacial score (nSPS) is 14.3. The summed E-state index contributed by atoms with van der Waals surface area (Å²) < 4.78 is 10.4. The van der Waals surface area contributed by atoms with Crippen LogP contribution < -0.4 is 0 Å². The predicted octanol–water partition coefficient (Wildman–Crippen LogP) is 3.56. The Balaban J connectivity index is 4.11. The van der Waals surface area contributed by atoms with E-state index in [1.165, 1.54) is 6.42 Å². The van der Waals surface area contributed by atoms with Gasteiger partial charge in [0.05, 0.1) is 23.0 Å². The van der Waals surface area contributed by atoms with E-state index in [-0.39, 0.29) is 7.12 Å². The number of halogens is 1. The van der Waals surface area contributed by atoms with Crippen LogP contribution >= 0.6 is 23.0 Å². The summed E-state index contributed by atoms with van der Waals surface area (Å²) in [4.78, 5) is 0. The minimum Gasteiger partial charge on any atom is -0.414 e. The molecule has 13 heavy (non-hydrogen) atoms. The summed E-state index contributed by atoms with van der Waals surface area (Å²) in [6, 6.07) is 0. The molecule has 0 aromatic carbocycles. The van der Waals surface area contributed by atoms with Gasteiger partial charge in [-0.2, -0.15) is 0 Å². The molecule has 1 atom stereocenters. The lowest BCUT2D eigenvalue weighted by Gasteiger charge is -2.30. The molecule has 0 amide bonds. The molecule has 0 saturated carbocycles. The van der Waals surface area contributed by atoms with Crippen LogP contribution in [0, 0.1) is 11.3 Å². The van der Waals surface area contributed by atoms with Gasteiger partial charge in [-0.05, 0) is 17.7 Å². The Kier molecular flexibility index (Phi) is 6.59. The molecule has 2 nitrogen and oxygen atoms in total. The van der Waals surface area contributed by atoms with Crippen molar-refractivity contribution in [3.8, 4) is 0 Å². The van der Waals surface area contributed by atoms with Crippen LogP contribution in [0.2, 0.25) is 6.32 Å². The Morgan fingerprint density at radius 1 is 1.38 bits per heavy atom. The van der Waals surface area contributed by atoms with Crippen molar-refractivity contribution in [1.29, 1.82) is 0 Å². The predicted molar refractivity (Wildman–Crippen MR) is 65.9 cm³/mol. The fourth-order valence-corrected chi connectivity index (χ4v) is 1.95. The van der Waals surface area contributed by atoms with Crippen molar-refractivity contribution in [2.24, 2.45) is 11.3 Å². The van der Waals surface area contributed by atoms with E-state index in [1.54, 1.807) is 7.11 Å². The summed E-state index contributed by atoms with van der Waals surface area (Å²) in [7, 11) is 1.63. The minimum absolute atomic E-state index is 0.0650. The van der Waals surface area contributed by atoms with Crippen LogP contribution in [-0.2, 0) is 7.64 Å². The van der Waals surface area contributed by atoms with Crippen LogP contribution in [0.4, 0.5) is 0 Å². The molecule has 0 fully saturated rings. The van der Waals surface area contributed by atoms with Crippen LogP contribution in [0.5, 0.6) is 0 Å². The van der Waals surface area contributed by atoms with Crippen molar-refractivity contribution < 1.29 is 7.64 Å². The quantitative estimate of drug-likeness (QED) is 0.571. The van der Waals surface area contributed by atoms with Crippen molar-refractivity contribution in [1.82, 2.24) is 0 Å². The lowest BCUT2D eigenvalue weighted by molar-refractivity contribution is 0.236. The van der Waals surface area contributed by atoms with Gasteiger partial charge in [-0.25, -0.2) is 0 Å². The molecule has 4 heteroatoms. The standard InChI is InChI=1S/C9H20BIO2/c1-6-8(9(2,3)4)7-10(12-5)13-11/h8H,6-7H2,1-5H3/t8-/m0/s1. The van der Waals surface area contributed by atoms with Crippen molar-refractivity contribution >= 4 is 30.1 Å². The summed E-state index contributed by atoms with van der Waals surface area (Å²) in [6.45, 7) is 9.01. The van der Waals surface area contributed by atoms with Gasteiger partial charge in [-0.1, -0.05) is 34.1 Å². The summed E-state index contributed by atoms with van der Waals surface area (Å²) in [5.74, 6) is 0.646. The zero-order valence-electron chi connectivity index (χ0n) is 9.26. The zero-order valence-corrected chi connectivity index (χ0v) is 11.4. The van der Waals surface area contributed by atoms with E-state index in [0.29, 0.717) is 11.3 Å². The fraction of sp³-hybridized carbons (Fsp3) is 1.00. The van der Waals surface area contributed by atoms with E-state index in [0.717, 1.165) is 6.32 Å². The van der Waals surface area contributed by atoms with Crippen molar-refractivity contribution in [2.75, 3.05) is 7.11 Å². The van der Waals surface area contributed by atoms with Crippen LogP contribution in [0.3, 0.4) is 0 Å². The van der Waals surface area contributed by atoms with Gasteiger partial charge >= 0.3 is 7.12 Å². The first kappa shape index (κ1) is 13.7. The summed E-state index contributed by atoms with van der Waals surface area (Å²) in [5.41, 5.74) is 0.334. The van der Waals surface area contributed by atoms with Crippen LogP contribution in [0.25, 0.3) is 0 Å². The van der Waals surface area contributed by atoms with Crippen molar-refractivity contribution in [2.45, 2.75) is 40.4 Å². The molecule has 0 heterocycles. The van der Waals surface area contributed by atoms with Crippen molar-refractivity contribution in [3.63, 3.8) is 0 Å². The van der Waals surface area contributed by atoms with E-state index >= 15 is 0 Å². The van der Waals surface area contributed by atoms with Gasteiger partial charge in [0.2, 0.25) is 0 Å². The average molecular weight is 298 g/mol. The second-order valence-corrected chi connectivity index (χ2v) is 4.97. The molecule has 0 bridgehead atoms. The number of hydrogen-bond acceptors (Lipinski definition) is 2.